The van der Waals surface area contributed by atoms with E-state index in [-0.39, 0.29) is 12.4 Å². The highest BCUT2D eigenvalue weighted by Gasteiger charge is 2.14. The predicted molar refractivity (Wildman–Crippen MR) is 65.2 cm³/mol. The molecule has 0 unspecified atom stereocenters. The zero-order chi connectivity index (χ0) is 12.5. The van der Waals surface area contributed by atoms with Crippen molar-refractivity contribution in [1.82, 2.24) is 19.6 Å². The Hall–Kier alpha value is -2.37. The molecular weight excluding hydrogens is 232 g/mol. The lowest BCUT2D eigenvalue weighted by molar-refractivity contribution is -0.142. The van der Waals surface area contributed by atoms with Gasteiger partial charge in [0.15, 0.2) is 0 Å². The van der Waals surface area contributed by atoms with Gasteiger partial charge in [-0.1, -0.05) is 12.1 Å². The van der Waals surface area contributed by atoms with E-state index in [9.17, 15) is 4.79 Å². The number of carbonyl (C=O) groups is 1. The van der Waals surface area contributed by atoms with Gasteiger partial charge in [0.05, 0.1) is 17.6 Å². The minimum atomic E-state index is -0.288. The lowest BCUT2D eigenvalue weighted by Gasteiger charge is -1.99. The Balaban J connectivity index is 2.09. The lowest BCUT2D eigenvalue weighted by Crippen LogP contribution is -2.10. The molecule has 6 nitrogen and oxygen atoms in total. The van der Waals surface area contributed by atoms with Crippen LogP contribution in [0.3, 0.4) is 0 Å². The summed E-state index contributed by atoms with van der Waals surface area (Å²) in [6.07, 6.45) is 0.133. The number of hydrogen-bond acceptors (Lipinski definition) is 4. The van der Waals surface area contributed by atoms with Crippen LogP contribution in [-0.2, 0) is 16.0 Å². The molecule has 1 aromatic carbocycles. The van der Waals surface area contributed by atoms with Crippen LogP contribution in [0.5, 0.6) is 0 Å². The minimum absolute atomic E-state index is 0.133. The van der Waals surface area contributed by atoms with E-state index in [0.29, 0.717) is 18.2 Å². The number of hydrogen-bond donors (Lipinski definition) is 1. The number of esters is 1. The minimum Gasteiger partial charge on any atom is -0.466 e. The molecule has 0 saturated carbocycles. The maximum absolute atomic E-state index is 11.5. The highest BCUT2D eigenvalue weighted by atomic mass is 16.5. The number of rotatable bonds is 3. The van der Waals surface area contributed by atoms with Crippen molar-refractivity contribution >= 4 is 22.8 Å². The number of nitrogens with zero attached hydrogens (tertiary/aromatic N) is 3. The average molecular weight is 244 g/mol. The van der Waals surface area contributed by atoms with Crippen LogP contribution in [0.15, 0.2) is 24.3 Å². The van der Waals surface area contributed by atoms with Gasteiger partial charge in [0.25, 0.3) is 0 Å². The molecule has 0 fully saturated rings. The Labute approximate surface area is 103 Å². The van der Waals surface area contributed by atoms with E-state index in [0.717, 1.165) is 11.0 Å². The molecule has 0 bridgehead atoms. The van der Waals surface area contributed by atoms with Gasteiger partial charge >= 0.3 is 5.97 Å². The zero-order valence-electron chi connectivity index (χ0n) is 9.88. The van der Waals surface area contributed by atoms with E-state index in [4.69, 9.17) is 4.74 Å². The summed E-state index contributed by atoms with van der Waals surface area (Å²) in [6, 6.07) is 7.72. The number of aromatic nitrogens is 4. The van der Waals surface area contributed by atoms with Crippen LogP contribution < -0.4 is 0 Å². The van der Waals surface area contributed by atoms with Gasteiger partial charge < -0.3 is 4.74 Å². The van der Waals surface area contributed by atoms with Crippen molar-refractivity contribution in [2.24, 2.45) is 0 Å². The molecule has 0 aliphatic rings. The first-order valence-electron chi connectivity index (χ1n) is 5.75. The van der Waals surface area contributed by atoms with Crippen molar-refractivity contribution in [2.45, 2.75) is 13.3 Å². The largest absolute Gasteiger partial charge is 0.466 e. The number of carbonyl (C=O) groups excluding carboxylic acids is 1. The number of imidazole rings is 1. The Morgan fingerprint density at radius 2 is 2.28 bits per heavy atom. The number of ether oxygens (including phenoxy) is 1. The van der Waals surface area contributed by atoms with Crippen molar-refractivity contribution in [1.29, 1.82) is 0 Å². The second kappa shape index (κ2) is 4.14. The fourth-order valence-corrected chi connectivity index (χ4v) is 1.99. The maximum Gasteiger partial charge on any atom is 0.313 e. The summed E-state index contributed by atoms with van der Waals surface area (Å²) in [5.41, 5.74) is 1.80. The number of benzene rings is 1. The van der Waals surface area contributed by atoms with Crippen LogP contribution in [0.2, 0.25) is 0 Å². The Morgan fingerprint density at radius 3 is 3.11 bits per heavy atom. The van der Waals surface area contributed by atoms with Crippen LogP contribution in [0.4, 0.5) is 0 Å². The average Bonchev–Trinajstić information content (AvgIpc) is 2.89. The van der Waals surface area contributed by atoms with Crippen molar-refractivity contribution in [3.8, 4) is 0 Å². The SMILES string of the molecule is CCOC(=O)Cc1n[nH]c2nc3ccccc3n12. The Morgan fingerprint density at radius 1 is 1.44 bits per heavy atom. The summed E-state index contributed by atoms with van der Waals surface area (Å²) >= 11 is 0. The van der Waals surface area contributed by atoms with Gasteiger partial charge in [0.2, 0.25) is 5.78 Å². The molecule has 2 heterocycles. The molecule has 0 atom stereocenters. The van der Waals surface area contributed by atoms with Gasteiger partial charge in [-0.2, -0.15) is 5.10 Å². The monoisotopic (exact) mass is 244 g/mol. The topological polar surface area (TPSA) is 72.3 Å². The third-order valence-electron chi connectivity index (χ3n) is 2.71. The molecule has 0 amide bonds. The van der Waals surface area contributed by atoms with Crippen molar-refractivity contribution < 1.29 is 9.53 Å². The van der Waals surface area contributed by atoms with E-state index >= 15 is 0 Å². The lowest BCUT2D eigenvalue weighted by atomic mass is 10.3. The second-order valence-corrected chi connectivity index (χ2v) is 3.88. The Kier molecular flexibility index (Phi) is 2.47. The third-order valence-corrected chi connectivity index (χ3v) is 2.71. The fourth-order valence-electron chi connectivity index (χ4n) is 1.99. The van der Waals surface area contributed by atoms with E-state index in [2.05, 4.69) is 15.2 Å². The highest BCUT2D eigenvalue weighted by Crippen LogP contribution is 2.16. The smallest absolute Gasteiger partial charge is 0.313 e. The molecule has 0 aliphatic heterocycles. The zero-order valence-corrected chi connectivity index (χ0v) is 9.88. The molecule has 1 N–H and O–H groups in total. The molecule has 0 radical (unpaired) electrons. The molecule has 3 rings (SSSR count). The number of fused-ring (bicyclic) bond motifs is 3. The first-order chi connectivity index (χ1) is 8.79. The summed E-state index contributed by atoms with van der Waals surface area (Å²) < 4.78 is 6.77. The summed E-state index contributed by atoms with van der Waals surface area (Å²) in [7, 11) is 0. The molecular formula is C12H12N4O2. The predicted octanol–water partition coefficient (Wildman–Crippen LogP) is 1.32. The van der Waals surface area contributed by atoms with Gasteiger partial charge in [0, 0.05) is 0 Å². The van der Waals surface area contributed by atoms with Crippen LogP contribution >= 0.6 is 0 Å². The molecule has 92 valence electrons. The molecule has 0 spiro atoms. The highest BCUT2D eigenvalue weighted by molar-refractivity contribution is 5.80. The first-order valence-corrected chi connectivity index (χ1v) is 5.75. The van der Waals surface area contributed by atoms with Crippen molar-refractivity contribution in [3.05, 3.63) is 30.1 Å². The number of aromatic amines is 1. The molecule has 6 heteroatoms. The molecule has 0 saturated heterocycles. The van der Waals surface area contributed by atoms with Gasteiger partial charge in [-0.3, -0.25) is 9.20 Å². The van der Waals surface area contributed by atoms with Gasteiger partial charge in [-0.05, 0) is 19.1 Å². The van der Waals surface area contributed by atoms with E-state index in [1.165, 1.54) is 0 Å². The number of H-pyrrole nitrogens is 1. The standard InChI is InChI=1S/C12H12N4O2/c1-2-18-11(17)7-10-14-15-12-13-8-5-3-4-6-9(8)16(10)12/h3-6H,2,7H2,1H3,(H,13,15). The quantitative estimate of drug-likeness (QED) is 0.705. The van der Waals surface area contributed by atoms with Crippen LogP contribution in [-0.4, -0.2) is 32.2 Å². The van der Waals surface area contributed by atoms with Crippen molar-refractivity contribution in [3.63, 3.8) is 0 Å². The Bertz CT molecular complexity index is 713. The molecule has 0 aliphatic carbocycles. The van der Waals surface area contributed by atoms with Crippen molar-refractivity contribution in [2.75, 3.05) is 6.61 Å². The summed E-state index contributed by atoms with van der Waals surface area (Å²) in [5.74, 6) is 0.955. The number of nitrogens with one attached hydrogen (secondary N) is 1. The van der Waals surface area contributed by atoms with Gasteiger partial charge in [0.1, 0.15) is 12.2 Å². The summed E-state index contributed by atoms with van der Waals surface area (Å²) in [6.45, 7) is 2.15. The van der Waals surface area contributed by atoms with E-state index in [1.807, 2.05) is 28.7 Å². The van der Waals surface area contributed by atoms with Crippen LogP contribution in [0, 0.1) is 0 Å². The second-order valence-electron chi connectivity index (χ2n) is 3.88. The van der Waals surface area contributed by atoms with Crippen LogP contribution in [0.25, 0.3) is 16.8 Å². The third kappa shape index (κ3) is 1.62. The maximum atomic E-state index is 11.5. The first kappa shape index (κ1) is 10.8. The summed E-state index contributed by atoms with van der Waals surface area (Å²) in [5, 5.41) is 6.92. The molecule has 2 aromatic heterocycles. The normalized spacial score (nSPS) is 11.2. The fraction of sp³-hybridized carbons (Fsp3) is 0.250. The number of para-hydroxylation sites is 2. The molecule has 3 aromatic rings. The van der Waals surface area contributed by atoms with E-state index < -0.39 is 0 Å². The molecule has 18 heavy (non-hydrogen) atoms. The van der Waals surface area contributed by atoms with Gasteiger partial charge in [-0.15, -0.1) is 0 Å². The van der Waals surface area contributed by atoms with Crippen LogP contribution in [0.1, 0.15) is 12.7 Å². The van der Waals surface area contributed by atoms with E-state index in [1.54, 1.807) is 6.92 Å². The summed E-state index contributed by atoms with van der Waals surface area (Å²) in [4.78, 5) is 15.9. The van der Waals surface area contributed by atoms with Gasteiger partial charge in [-0.25, -0.2) is 10.1 Å².